The first kappa shape index (κ1) is 13.1. The molecule has 0 aliphatic heterocycles. The molecule has 0 atom stereocenters. The lowest BCUT2D eigenvalue weighted by Gasteiger charge is -2.09. The van der Waals surface area contributed by atoms with Gasteiger partial charge in [-0.05, 0) is 33.5 Å². The van der Waals surface area contributed by atoms with Gasteiger partial charge >= 0.3 is 5.82 Å². The number of imidazole rings is 1. The lowest BCUT2D eigenvalue weighted by atomic mass is 10.0. The number of anilines is 2. The summed E-state index contributed by atoms with van der Waals surface area (Å²) < 4.78 is 1.59. The van der Waals surface area contributed by atoms with Crippen LogP contribution in [0.2, 0.25) is 0 Å². The number of nitrogens with zero attached hydrogens (tertiary/aromatic N) is 3. The molecule has 100 valence electrons. The standard InChI is InChI=1S/C13H16N4O2/c1-9(2)10-4-6-11(7-5-10)15-13-12(17(18)19)14-8-16(13)3/h4-9,15H,1-3H3. The predicted molar refractivity (Wildman–Crippen MR) is 73.7 cm³/mol. The summed E-state index contributed by atoms with van der Waals surface area (Å²) in [7, 11) is 1.71. The summed E-state index contributed by atoms with van der Waals surface area (Å²) in [6, 6.07) is 7.84. The molecule has 0 fully saturated rings. The van der Waals surface area contributed by atoms with E-state index >= 15 is 0 Å². The van der Waals surface area contributed by atoms with E-state index < -0.39 is 4.92 Å². The Balaban J connectivity index is 2.26. The van der Waals surface area contributed by atoms with Gasteiger partial charge in [-0.25, -0.2) is 0 Å². The Morgan fingerprint density at radius 1 is 1.32 bits per heavy atom. The Morgan fingerprint density at radius 3 is 2.47 bits per heavy atom. The van der Waals surface area contributed by atoms with Crippen LogP contribution in [0, 0.1) is 10.1 Å². The third-order valence-corrected chi connectivity index (χ3v) is 2.93. The first-order chi connectivity index (χ1) is 8.99. The average Bonchev–Trinajstić information content (AvgIpc) is 2.72. The van der Waals surface area contributed by atoms with Gasteiger partial charge in [0.1, 0.15) is 0 Å². The fourth-order valence-electron chi connectivity index (χ4n) is 1.78. The summed E-state index contributed by atoms with van der Waals surface area (Å²) in [6.07, 6.45) is 1.42. The lowest BCUT2D eigenvalue weighted by Crippen LogP contribution is -2.00. The van der Waals surface area contributed by atoms with Crippen molar-refractivity contribution >= 4 is 17.3 Å². The fraction of sp³-hybridized carbons (Fsp3) is 0.308. The average molecular weight is 260 g/mol. The zero-order chi connectivity index (χ0) is 14.0. The van der Waals surface area contributed by atoms with Crippen LogP contribution in [0.25, 0.3) is 0 Å². The molecule has 1 N–H and O–H groups in total. The van der Waals surface area contributed by atoms with Crippen molar-refractivity contribution < 1.29 is 4.92 Å². The minimum absolute atomic E-state index is 0.171. The summed E-state index contributed by atoms with van der Waals surface area (Å²) in [5.41, 5.74) is 2.03. The molecule has 1 heterocycles. The monoisotopic (exact) mass is 260 g/mol. The first-order valence-corrected chi connectivity index (χ1v) is 6.01. The predicted octanol–water partition coefficient (Wildman–Crippen LogP) is 3.20. The molecule has 0 unspecified atom stereocenters. The molecule has 0 amide bonds. The van der Waals surface area contributed by atoms with E-state index in [1.54, 1.807) is 11.6 Å². The van der Waals surface area contributed by atoms with Gasteiger partial charge in [0.15, 0.2) is 0 Å². The van der Waals surface area contributed by atoms with Gasteiger partial charge in [0.2, 0.25) is 12.1 Å². The summed E-state index contributed by atoms with van der Waals surface area (Å²) >= 11 is 0. The maximum absolute atomic E-state index is 10.9. The van der Waals surface area contributed by atoms with Crippen LogP contribution in [-0.4, -0.2) is 14.5 Å². The Bertz CT molecular complexity index is 587. The molecule has 0 spiro atoms. The van der Waals surface area contributed by atoms with E-state index in [-0.39, 0.29) is 5.82 Å². The molecule has 6 heteroatoms. The molecule has 0 saturated heterocycles. The number of aryl methyl sites for hydroxylation is 1. The van der Waals surface area contributed by atoms with Crippen LogP contribution in [0.1, 0.15) is 25.3 Å². The van der Waals surface area contributed by atoms with Gasteiger partial charge in [-0.3, -0.25) is 4.57 Å². The summed E-state index contributed by atoms with van der Waals surface area (Å²) in [5, 5.41) is 13.9. The quantitative estimate of drug-likeness (QED) is 0.676. The zero-order valence-electron chi connectivity index (χ0n) is 11.1. The lowest BCUT2D eigenvalue weighted by molar-refractivity contribution is -0.388. The van der Waals surface area contributed by atoms with Gasteiger partial charge in [0, 0.05) is 12.7 Å². The van der Waals surface area contributed by atoms with Crippen LogP contribution in [-0.2, 0) is 7.05 Å². The fourth-order valence-corrected chi connectivity index (χ4v) is 1.78. The molecular weight excluding hydrogens is 244 g/mol. The number of benzene rings is 1. The van der Waals surface area contributed by atoms with Crippen molar-refractivity contribution in [3.05, 3.63) is 46.3 Å². The molecule has 0 radical (unpaired) electrons. The molecular formula is C13H16N4O2. The minimum atomic E-state index is -0.495. The van der Waals surface area contributed by atoms with Crippen molar-refractivity contribution in [2.24, 2.45) is 7.05 Å². The topological polar surface area (TPSA) is 73.0 Å². The molecule has 2 aromatic rings. The maximum atomic E-state index is 10.9. The van der Waals surface area contributed by atoms with Crippen molar-refractivity contribution in [3.63, 3.8) is 0 Å². The van der Waals surface area contributed by atoms with Crippen LogP contribution in [0.3, 0.4) is 0 Å². The van der Waals surface area contributed by atoms with Crippen molar-refractivity contribution in [1.82, 2.24) is 9.55 Å². The molecule has 1 aromatic carbocycles. The van der Waals surface area contributed by atoms with Crippen LogP contribution in [0.5, 0.6) is 0 Å². The van der Waals surface area contributed by atoms with Crippen LogP contribution >= 0.6 is 0 Å². The number of aromatic nitrogens is 2. The number of nitro groups is 1. The van der Waals surface area contributed by atoms with E-state index in [4.69, 9.17) is 0 Å². The van der Waals surface area contributed by atoms with E-state index in [2.05, 4.69) is 24.1 Å². The second-order valence-corrected chi connectivity index (χ2v) is 4.69. The van der Waals surface area contributed by atoms with Gasteiger partial charge in [-0.1, -0.05) is 26.0 Å². The van der Waals surface area contributed by atoms with Crippen LogP contribution in [0.15, 0.2) is 30.6 Å². The van der Waals surface area contributed by atoms with E-state index in [1.807, 2.05) is 24.3 Å². The van der Waals surface area contributed by atoms with Crippen molar-refractivity contribution in [2.75, 3.05) is 5.32 Å². The number of hydrogen-bond acceptors (Lipinski definition) is 4. The van der Waals surface area contributed by atoms with E-state index in [0.29, 0.717) is 11.7 Å². The van der Waals surface area contributed by atoms with Gasteiger partial charge in [-0.15, -0.1) is 0 Å². The van der Waals surface area contributed by atoms with Crippen molar-refractivity contribution in [2.45, 2.75) is 19.8 Å². The second kappa shape index (κ2) is 5.09. The van der Waals surface area contributed by atoms with Crippen molar-refractivity contribution in [1.29, 1.82) is 0 Å². The van der Waals surface area contributed by atoms with Crippen molar-refractivity contribution in [3.8, 4) is 0 Å². The van der Waals surface area contributed by atoms with Gasteiger partial charge in [0.25, 0.3) is 0 Å². The van der Waals surface area contributed by atoms with Gasteiger partial charge in [-0.2, -0.15) is 0 Å². The highest BCUT2D eigenvalue weighted by Crippen LogP contribution is 2.26. The Morgan fingerprint density at radius 2 is 1.95 bits per heavy atom. The Hall–Kier alpha value is -2.37. The van der Waals surface area contributed by atoms with Crippen LogP contribution in [0.4, 0.5) is 17.3 Å². The SMILES string of the molecule is CC(C)c1ccc(Nc2c([N+](=O)[O-])ncn2C)cc1. The third kappa shape index (κ3) is 2.73. The highest BCUT2D eigenvalue weighted by molar-refractivity contribution is 5.63. The number of rotatable bonds is 4. The molecule has 0 bridgehead atoms. The van der Waals surface area contributed by atoms with E-state index in [0.717, 1.165) is 5.69 Å². The Kier molecular flexibility index (Phi) is 3.50. The van der Waals surface area contributed by atoms with E-state index in [9.17, 15) is 10.1 Å². The Labute approximate surface area is 111 Å². The second-order valence-electron chi connectivity index (χ2n) is 4.69. The molecule has 19 heavy (non-hydrogen) atoms. The highest BCUT2D eigenvalue weighted by Gasteiger charge is 2.19. The summed E-state index contributed by atoms with van der Waals surface area (Å²) in [6.45, 7) is 4.24. The molecule has 0 aliphatic rings. The smallest absolute Gasteiger partial charge is 0.358 e. The third-order valence-electron chi connectivity index (χ3n) is 2.93. The minimum Gasteiger partial charge on any atom is -0.358 e. The maximum Gasteiger partial charge on any atom is 0.406 e. The number of hydrogen-bond donors (Lipinski definition) is 1. The molecule has 2 rings (SSSR count). The van der Waals surface area contributed by atoms with E-state index in [1.165, 1.54) is 11.9 Å². The molecule has 6 nitrogen and oxygen atoms in total. The number of nitrogens with one attached hydrogen (secondary N) is 1. The summed E-state index contributed by atoms with van der Waals surface area (Å²) in [4.78, 5) is 14.1. The highest BCUT2D eigenvalue weighted by atomic mass is 16.6. The molecule has 0 aliphatic carbocycles. The molecule has 0 saturated carbocycles. The van der Waals surface area contributed by atoms with Crippen LogP contribution < -0.4 is 5.32 Å². The largest absolute Gasteiger partial charge is 0.406 e. The summed E-state index contributed by atoms with van der Waals surface area (Å²) in [5.74, 6) is 0.665. The van der Waals surface area contributed by atoms with Gasteiger partial charge < -0.3 is 15.4 Å². The van der Waals surface area contributed by atoms with Gasteiger partial charge in [0.05, 0.1) is 0 Å². The molecule has 1 aromatic heterocycles. The normalized spacial score (nSPS) is 10.7. The first-order valence-electron chi connectivity index (χ1n) is 6.01. The zero-order valence-corrected chi connectivity index (χ0v) is 11.1.